The number of amides is 4. The van der Waals surface area contributed by atoms with Gasteiger partial charge in [0.25, 0.3) is 11.8 Å². The maximum absolute atomic E-state index is 13.5. The molecule has 2 fully saturated rings. The number of likely N-dealkylation sites (N-methyl/N-ethyl adjacent to an activating group) is 1. The van der Waals surface area contributed by atoms with Crippen LogP contribution in [0.25, 0.3) is 0 Å². The molecule has 0 bridgehead atoms. The van der Waals surface area contributed by atoms with Crippen molar-refractivity contribution >= 4 is 40.8 Å². The van der Waals surface area contributed by atoms with E-state index in [1.54, 1.807) is 6.07 Å². The highest BCUT2D eigenvalue weighted by atomic mass is 35.5. The number of thiophene rings is 1. The molecule has 2 aliphatic heterocycles. The van der Waals surface area contributed by atoms with E-state index in [4.69, 9.17) is 11.6 Å². The van der Waals surface area contributed by atoms with Gasteiger partial charge < -0.3 is 15.1 Å². The Bertz CT molecular complexity index is 819. The molecule has 0 radical (unpaired) electrons. The smallest absolute Gasteiger partial charge is 0.325 e. The van der Waals surface area contributed by atoms with Gasteiger partial charge in [-0.15, -0.1) is 11.3 Å². The van der Waals surface area contributed by atoms with Crippen LogP contribution in [-0.2, 0) is 4.79 Å². The predicted molar refractivity (Wildman–Crippen MR) is 124 cm³/mol. The second kappa shape index (κ2) is 9.88. The Balaban J connectivity index is 1.74. The van der Waals surface area contributed by atoms with Gasteiger partial charge in [-0.3, -0.25) is 14.5 Å². The number of imide groups is 1. The summed E-state index contributed by atoms with van der Waals surface area (Å²) >= 11 is 7.50. The Morgan fingerprint density at radius 3 is 2.55 bits per heavy atom. The Hall–Kier alpha value is -1.64. The number of hydrogen-bond acceptors (Lipinski definition) is 5. The fraction of sp³-hybridized carbons (Fsp3) is 0.682. The van der Waals surface area contributed by atoms with Crippen molar-refractivity contribution < 1.29 is 14.4 Å². The molecule has 1 N–H and O–H groups in total. The number of carbonyl (C=O) groups is 3. The molecule has 0 aliphatic carbocycles. The number of nitrogens with one attached hydrogen (secondary N) is 1. The number of likely N-dealkylation sites (tertiary alicyclic amines) is 1. The molecule has 9 heteroatoms. The summed E-state index contributed by atoms with van der Waals surface area (Å²) in [4.78, 5) is 44.8. The van der Waals surface area contributed by atoms with Crippen molar-refractivity contribution in [2.45, 2.75) is 45.1 Å². The van der Waals surface area contributed by atoms with Crippen LogP contribution in [-0.4, -0.2) is 78.4 Å². The molecule has 0 saturated carbocycles. The van der Waals surface area contributed by atoms with Gasteiger partial charge in [0.15, 0.2) is 0 Å². The van der Waals surface area contributed by atoms with Gasteiger partial charge in [-0.2, -0.15) is 0 Å². The third-order valence-electron chi connectivity index (χ3n) is 6.38. The largest absolute Gasteiger partial charge is 0.338 e. The zero-order chi connectivity index (χ0) is 22.8. The second-order valence-electron chi connectivity index (χ2n) is 9.26. The van der Waals surface area contributed by atoms with Crippen molar-refractivity contribution in [3.8, 4) is 0 Å². The van der Waals surface area contributed by atoms with E-state index in [0.29, 0.717) is 61.3 Å². The molecule has 1 aromatic heterocycles. The molecule has 0 spiro atoms. The number of piperidine rings is 1. The standard InChI is InChI=1S/C22H33ClN4O3S/c1-15(2)5-9-22(20(29)27(21(30)24-22)13-12-25(3)4)16-6-10-26(11-7-16)19(28)18-17(23)8-14-31-18/h8,14-16H,5-7,9-13H2,1-4H3,(H,24,30)/t22-/m1/s1. The lowest BCUT2D eigenvalue weighted by molar-refractivity contribution is -0.134. The van der Waals surface area contributed by atoms with Crippen LogP contribution in [0, 0.1) is 11.8 Å². The fourth-order valence-corrected chi connectivity index (χ4v) is 5.58. The minimum absolute atomic E-state index is 0.00918. The van der Waals surface area contributed by atoms with Gasteiger partial charge >= 0.3 is 6.03 Å². The normalized spacial score (nSPS) is 22.7. The molecule has 172 valence electrons. The summed E-state index contributed by atoms with van der Waals surface area (Å²) < 4.78 is 0. The summed E-state index contributed by atoms with van der Waals surface area (Å²) in [5.41, 5.74) is -0.872. The first kappa shape index (κ1) is 24.0. The summed E-state index contributed by atoms with van der Waals surface area (Å²) in [5.74, 6) is 0.283. The van der Waals surface area contributed by atoms with Crippen LogP contribution in [0.15, 0.2) is 11.4 Å². The molecule has 1 aromatic rings. The molecule has 0 unspecified atom stereocenters. The topological polar surface area (TPSA) is 73.0 Å². The Morgan fingerprint density at radius 1 is 1.32 bits per heavy atom. The number of rotatable bonds is 8. The van der Waals surface area contributed by atoms with Crippen LogP contribution >= 0.6 is 22.9 Å². The molecule has 3 rings (SSSR count). The molecule has 1 atom stereocenters. The summed E-state index contributed by atoms with van der Waals surface area (Å²) in [5, 5.41) is 5.40. The lowest BCUT2D eigenvalue weighted by Crippen LogP contribution is -2.56. The van der Waals surface area contributed by atoms with Crippen LogP contribution < -0.4 is 5.32 Å². The number of nitrogens with zero attached hydrogens (tertiary/aromatic N) is 3. The minimum atomic E-state index is -0.872. The van der Waals surface area contributed by atoms with Crippen molar-refractivity contribution in [1.29, 1.82) is 0 Å². The van der Waals surface area contributed by atoms with Crippen LogP contribution in [0.5, 0.6) is 0 Å². The van der Waals surface area contributed by atoms with E-state index < -0.39 is 5.54 Å². The van der Waals surface area contributed by atoms with E-state index in [0.717, 1.165) is 6.42 Å². The van der Waals surface area contributed by atoms with Crippen molar-refractivity contribution in [3.63, 3.8) is 0 Å². The molecule has 0 aromatic carbocycles. The highest BCUT2D eigenvalue weighted by Gasteiger charge is 2.55. The lowest BCUT2D eigenvalue weighted by Gasteiger charge is -2.41. The van der Waals surface area contributed by atoms with E-state index in [9.17, 15) is 14.4 Å². The predicted octanol–water partition coefficient (Wildman–Crippen LogP) is 3.54. The van der Waals surface area contributed by atoms with Crippen molar-refractivity contribution in [2.24, 2.45) is 11.8 Å². The zero-order valence-corrected chi connectivity index (χ0v) is 20.4. The molecule has 2 aliphatic rings. The monoisotopic (exact) mass is 468 g/mol. The second-order valence-corrected chi connectivity index (χ2v) is 10.6. The molecule has 3 heterocycles. The van der Waals surface area contributed by atoms with E-state index >= 15 is 0 Å². The summed E-state index contributed by atoms with van der Waals surface area (Å²) in [6, 6.07) is 1.45. The molecule has 4 amide bonds. The van der Waals surface area contributed by atoms with Gasteiger partial charge in [0.05, 0.1) is 5.02 Å². The van der Waals surface area contributed by atoms with Gasteiger partial charge in [-0.1, -0.05) is 25.4 Å². The number of urea groups is 1. The number of halogens is 1. The molecular weight excluding hydrogens is 436 g/mol. The third-order valence-corrected chi connectivity index (χ3v) is 7.71. The zero-order valence-electron chi connectivity index (χ0n) is 18.8. The van der Waals surface area contributed by atoms with E-state index in [1.165, 1.54) is 16.2 Å². The molecule has 2 saturated heterocycles. The average Bonchev–Trinajstić information content (AvgIpc) is 3.25. The highest BCUT2D eigenvalue weighted by molar-refractivity contribution is 7.12. The molecule has 7 nitrogen and oxygen atoms in total. The van der Waals surface area contributed by atoms with Crippen LogP contribution in [0.3, 0.4) is 0 Å². The van der Waals surface area contributed by atoms with E-state index in [2.05, 4.69) is 19.2 Å². The van der Waals surface area contributed by atoms with Crippen molar-refractivity contribution in [2.75, 3.05) is 40.3 Å². The van der Waals surface area contributed by atoms with Crippen LogP contribution in [0.1, 0.15) is 49.2 Å². The summed E-state index contributed by atoms with van der Waals surface area (Å²) in [7, 11) is 3.86. The molecule has 31 heavy (non-hydrogen) atoms. The minimum Gasteiger partial charge on any atom is -0.338 e. The Morgan fingerprint density at radius 2 is 2.00 bits per heavy atom. The summed E-state index contributed by atoms with van der Waals surface area (Å²) in [6.07, 6.45) is 2.85. The van der Waals surface area contributed by atoms with E-state index in [1.807, 2.05) is 29.3 Å². The van der Waals surface area contributed by atoms with Gasteiger partial charge in [0, 0.05) is 26.2 Å². The SMILES string of the molecule is CC(C)CC[C@]1(C2CCN(C(=O)c3sccc3Cl)CC2)NC(=O)N(CCN(C)C)C1=O. The first-order valence-electron chi connectivity index (χ1n) is 11.0. The van der Waals surface area contributed by atoms with Gasteiger partial charge in [-0.25, -0.2) is 4.79 Å². The highest BCUT2D eigenvalue weighted by Crippen LogP contribution is 2.38. The average molecular weight is 469 g/mol. The Labute approximate surface area is 193 Å². The molecular formula is C22H33ClN4O3S. The van der Waals surface area contributed by atoms with Gasteiger partial charge in [0.2, 0.25) is 0 Å². The quantitative estimate of drug-likeness (QED) is 0.592. The fourth-order valence-electron chi connectivity index (χ4n) is 4.48. The van der Waals surface area contributed by atoms with Crippen molar-refractivity contribution in [1.82, 2.24) is 20.0 Å². The Kier molecular flexibility index (Phi) is 7.65. The maximum Gasteiger partial charge on any atom is 0.325 e. The lowest BCUT2D eigenvalue weighted by atomic mass is 9.74. The first-order chi connectivity index (χ1) is 14.7. The van der Waals surface area contributed by atoms with E-state index in [-0.39, 0.29) is 23.8 Å². The number of carbonyl (C=O) groups excluding carboxylic acids is 3. The van der Waals surface area contributed by atoms with Crippen LogP contribution in [0.2, 0.25) is 5.02 Å². The third kappa shape index (κ3) is 5.07. The van der Waals surface area contributed by atoms with Crippen molar-refractivity contribution in [3.05, 3.63) is 21.3 Å². The number of hydrogen-bond donors (Lipinski definition) is 1. The summed E-state index contributed by atoms with van der Waals surface area (Å²) in [6.45, 7) is 6.39. The maximum atomic E-state index is 13.5. The van der Waals surface area contributed by atoms with Gasteiger partial charge in [0.1, 0.15) is 10.4 Å². The first-order valence-corrected chi connectivity index (χ1v) is 12.2. The van der Waals surface area contributed by atoms with Gasteiger partial charge in [-0.05, 0) is 63.1 Å². The van der Waals surface area contributed by atoms with Crippen LogP contribution in [0.4, 0.5) is 4.79 Å².